The first kappa shape index (κ1) is 18.2. The van der Waals surface area contributed by atoms with Gasteiger partial charge < -0.3 is 9.71 Å². The summed E-state index contributed by atoms with van der Waals surface area (Å²) in [5.41, 5.74) is -0.696. The number of H-pyrrole nitrogens is 1. The van der Waals surface area contributed by atoms with Crippen LogP contribution in [0.1, 0.15) is 0 Å². The lowest BCUT2D eigenvalue weighted by Crippen LogP contribution is -2.04. The summed E-state index contributed by atoms with van der Waals surface area (Å²) < 4.78 is 39.1. The van der Waals surface area contributed by atoms with E-state index in [2.05, 4.69) is 14.7 Å². The maximum Gasteiger partial charge on any atom is 0.461 e. The van der Waals surface area contributed by atoms with Crippen LogP contribution in [0.3, 0.4) is 0 Å². The topological polar surface area (TPSA) is 40.7 Å². The van der Waals surface area contributed by atoms with Gasteiger partial charge in [0.25, 0.3) is 0 Å². The van der Waals surface area contributed by atoms with Crippen LogP contribution in [0.4, 0.5) is 18.9 Å². The number of hydrogen-bond donors (Lipinski definition) is 2. The van der Waals surface area contributed by atoms with Crippen molar-refractivity contribution in [1.82, 2.24) is 9.97 Å². The maximum atomic E-state index is 12.3. The zero-order valence-corrected chi connectivity index (χ0v) is 15.9. The van der Waals surface area contributed by atoms with E-state index in [1.165, 1.54) is 17.4 Å². The smallest absolute Gasteiger partial charge is 0.361 e. The molecule has 0 fully saturated rings. The molecule has 9 heteroatoms. The second-order valence-corrected chi connectivity index (χ2v) is 7.76. The van der Waals surface area contributed by atoms with Gasteiger partial charge in [0.1, 0.15) is 5.01 Å². The lowest BCUT2D eigenvalue weighted by molar-refractivity contribution is -0.0323. The van der Waals surface area contributed by atoms with Gasteiger partial charge in [-0.15, -0.1) is 11.3 Å². The molecular formula is C18H11ClF3N3S2. The molecule has 2 N–H and O–H groups in total. The van der Waals surface area contributed by atoms with Gasteiger partial charge in [0, 0.05) is 39.3 Å². The van der Waals surface area contributed by atoms with Gasteiger partial charge in [0.05, 0.1) is 22.7 Å². The number of nitrogens with one attached hydrogen (secondary N) is 2. The van der Waals surface area contributed by atoms with Crippen LogP contribution in [0, 0.1) is 0 Å². The van der Waals surface area contributed by atoms with Crippen LogP contribution in [0.25, 0.3) is 32.7 Å². The van der Waals surface area contributed by atoms with Crippen molar-refractivity contribution < 1.29 is 13.2 Å². The highest BCUT2D eigenvalue weighted by molar-refractivity contribution is 8.01. The molecule has 0 spiro atoms. The minimum atomic E-state index is -4.37. The van der Waals surface area contributed by atoms with Crippen molar-refractivity contribution in [2.75, 3.05) is 4.72 Å². The Kier molecular flexibility index (Phi) is 4.79. The Morgan fingerprint density at radius 1 is 1.11 bits per heavy atom. The number of aromatic nitrogens is 2. The molecule has 0 atom stereocenters. The Hall–Kier alpha value is -2.16. The lowest BCUT2D eigenvalue weighted by atomic mass is 10.1. The Balaban J connectivity index is 1.63. The molecule has 0 amide bonds. The molecule has 3 nitrogen and oxygen atoms in total. The fraction of sp³-hybridized carbons (Fsp3) is 0.0556. The van der Waals surface area contributed by atoms with E-state index in [-0.39, 0.29) is 17.6 Å². The summed E-state index contributed by atoms with van der Waals surface area (Å²) >= 11 is 7.44. The van der Waals surface area contributed by atoms with Crippen molar-refractivity contribution in [3.8, 4) is 21.8 Å². The molecule has 0 bridgehead atoms. The molecule has 0 saturated heterocycles. The summed E-state index contributed by atoms with van der Waals surface area (Å²) in [6, 6.07) is 12.6. The van der Waals surface area contributed by atoms with Crippen LogP contribution in [0.2, 0.25) is 5.02 Å². The normalized spacial score (nSPS) is 11.9. The summed E-state index contributed by atoms with van der Waals surface area (Å²) in [5, 5.41) is 4.15. The molecule has 27 heavy (non-hydrogen) atoms. The summed E-state index contributed by atoms with van der Waals surface area (Å²) in [5.74, 6) is 0. The molecule has 4 rings (SSSR count). The van der Waals surface area contributed by atoms with Crippen LogP contribution in [-0.2, 0) is 0 Å². The summed E-state index contributed by atoms with van der Waals surface area (Å²) in [4.78, 5) is 7.84. The maximum absolute atomic E-state index is 12.3. The third-order valence-electron chi connectivity index (χ3n) is 3.86. The number of rotatable bonds is 4. The molecule has 138 valence electrons. The average Bonchev–Trinajstić information content (AvgIpc) is 3.28. The predicted molar refractivity (Wildman–Crippen MR) is 107 cm³/mol. The number of hydrogen-bond acceptors (Lipinski definition) is 4. The zero-order chi connectivity index (χ0) is 19.0. The van der Waals surface area contributed by atoms with E-state index in [0.717, 1.165) is 21.5 Å². The molecule has 0 aliphatic rings. The number of nitrogens with zero attached hydrogens (tertiary/aromatic N) is 1. The van der Waals surface area contributed by atoms with Crippen LogP contribution in [-0.4, -0.2) is 15.5 Å². The van der Waals surface area contributed by atoms with Gasteiger partial charge in [0.15, 0.2) is 0 Å². The van der Waals surface area contributed by atoms with Gasteiger partial charge in [-0.3, -0.25) is 0 Å². The Labute approximate surface area is 165 Å². The largest absolute Gasteiger partial charge is 0.461 e. The van der Waals surface area contributed by atoms with Gasteiger partial charge in [-0.25, -0.2) is 4.98 Å². The summed E-state index contributed by atoms with van der Waals surface area (Å²) in [6.45, 7) is 0. The monoisotopic (exact) mass is 425 g/mol. The number of halogens is 4. The van der Waals surface area contributed by atoms with Crippen molar-refractivity contribution >= 4 is 51.5 Å². The molecule has 2 aromatic carbocycles. The molecule has 4 aromatic rings. The Morgan fingerprint density at radius 2 is 1.96 bits per heavy atom. The summed E-state index contributed by atoms with van der Waals surface area (Å²) in [7, 11) is 0. The van der Waals surface area contributed by atoms with Crippen molar-refractivity contribution in [2.45, 2.75) is 5.51 Å². The first-order valence-electron chi connectivity index (χ1n) is 7.73. The number of thiazole rings is 1. The van der Waals surface area contributed by atoms with Crippen LogP contribution in [0.15, 0.2) is 54.0 Å². The number of benzene rings is 2. The van der Waals surface area contributed by atoms with Crippen LogP contribution < -0.4 is 4.72 Å². The SMILES string of the molecule is FC(F)(F)SNc1ccc(-c2csc(-c3cccc4[nH]ccc34)n2)c(Cl)c1. The Bertz CT molecular complexity index is 1100. The zero-order valence-electron chi connectivity index (χ0n) is 13.5. The van der Waals surface area contributed by atoms with Gasteiger partial charge in [-0.1, -0.05) is 23.7 Å². The minimum Gasteiger partial charge on any atom is -0.361 e. The van der Waals surface area contributed by atoms with Crippen molar-refractivity contribution in [1.29, 1.82) is 0 Å². The van der Waals surface area contributed by atoms with Gasteiger partial charge in [-0.2, -0.15) is 13.2 Å². The lowest BCUT2D eigenvalue weighted by Gasteiger charge is -2.09. The van der Waals surface area contributed by atoms with Crippen molar-refractivity contribution in [3.05, 3.63) is 59.1 Å². The molecule has 0 aliphatic carbocycles. The molecule has 2 aromatic heterocycles. The number of fused-ring (bicyclic) bond motifs is 1. The third kappa shape index (κ3) is 3.92. The predicted octanol–water partition coefficient (Wildman–Crippen LogP) is 7.19. The van der Waals surface area contributed by atoms with E-state index >= 15 is 0 Å². The van der Waals surface area contributed by atoms with E-state index in [1.54, 1.807) is 12.1 Å². The Morgan fingerprint density at radius 3 is 2.74 bits per heavy atom. The first-order valence-corrected chi connectivity index (χ1v) is 9.81. The van der Waals surface area contributed by atoms with Crippen molar-refractivity contribution in [3.63, 3.8) is 0 Å². The summed E-state index contributed by atoms with van der Waals surface area (Å²) in [6.07, 6.45) is 1.88. The third-order valence-corrected chi connectivity index (χ3v) is 5.62. The van der Waals surface area contributed by atoms with Crippen LogP contribution >= 0.6 is 34.9 Å². The minimum absolute atomic E-state index is 0.276. The number of alkyl halides is 3. The average molecular weight is 426 g/mol. The number of anilines is 1. The fourth-order valence-corrected chi connectivity index (χ4v) is 4.19. The van der Waals surface area contributed by atoms with E-state index in [0.29, 0.717) is 16.3 Å². The van der Waals surface area contributed by atoms with Gasteiger partial charge >= 0.3 is 5.51 Å². The molecule has 0 radical (unpaired) electrons. The van der Waals surface area contributed by atoms with E-state index in [4.69, 9.17) is 11.6 Å². The quantitative estimate of drug-likeness (QED) is 0.340. The molecular weight excluding hydrogens is 415 g/mol. The van der Waals surface area contributed by atoms with E-state index < -0.39 is 5.51 Å². The van der Waals surface area contributed by atoms with Crippen molar-refractivity contribution in [2.24, 2.45) is 0 Å². The standard InChI is InChI=1S/C18H11ClF3N3S2/c19-14-8-10(25-27-18(20,21)22)4-5-13(14)16-9-26-17(24-16)12-2-1-3-15-11(12)6-7-23-15/h1-9,23,25H. The molecule has 2 heterocycles. The highest BCUT2D eigenvalue weighted by atomic mass is 35.5. The van der Waals surface area contributed by atoms with E-state index in [9.17, 15) is 13.2 Å². The second-order valence-electron chi connectivity index (χ2n) is 5.63. The molecule has 0 unspecified atom stereocenters. The second kappa shape index (κ2) is 7.10. The van der Waals surface area contributed by atoms with Gasteiger partial charge in [-0.05, 0) is 30.3 Å². The first-order chi connectivity index (χ1) is 12.9. The highest BCUT2D eigenvalue weighted by Gasteiger charge is 2.29. The van der Waals surface area contributed by atoms with Gasteiger partial charge in [0.2, 0.25) is 0 Å². The fourth-order valence-electron chi connectivity index (χ4n) is 2.70. The molecule has 0 aliphatic heterocycles. The van der Waals surface area contributed by atoms with E-state index in [1.807, 2.05) is 35.8 Å². The molecule has 0 saturated carbocycles. The number of aromatic amines is 1. The van der Waals surface area contributed by atoms with Crippen LogP contribution in [0.5, 0.6) is 0 Å². The highest BCUT2D eigenvalue weighted by Crippen LogP contribution is 2.37.